The molecule has 2 aromatic rings. The molecule has 1 unspecified atom stereocenters. The van der Waals surface area contributed by atoms with Gasteiger partial charge >= 0.3 is 0 Å². The number of carbonyl (C=O) groups is 1. The smallest absolute Gasteiger partial charge is 0.233 e. The van der Waals surface area contributed by atoms with Gasteiger partial charge in [0.15, 0.2) is 0 Å². The van der Waals surface area contributed by atoms with Crippen LogP contribution in [0, 0.1) is 12.8 Å². The van der Waals surface area contributed by atoms with Crippen LogP contribution in [-0.4, -0.2) is 48.3 Å². The number of benzene rings is 1. The van der Waals surface area contributed by atoms with Crippen LogP contribution in [0.25, 0.3) is 11.3 Å². The number of hydrogen-bond donors (Lipinski definition) is 0. The highest BCUT2D eigenvalue weighted by Crippen LogP contribution is 2.35. The third-order valence-electron chi connectivity index (χ3n) is 6.80. The molecule has 2 aliphatic rings. The van der Waals surface area contributed by atoms with E-state index in [1.165, 1.54) is 5.56 Å². The van der Waals surface area contributed by atoms with Crippen LogP contribution in [0.2, 0.25) is 0 Å². The van der Waals surface area contributed by atoms with Crippen LogP contribution in [-0.2, 0) is 16.1 Å². The number of hydrogen-bond acceptors (Lipinski definition) is 5. The van der Waals surface area contributed by atoms with Crippen molar-refractivity contribution in [3.63, 3.8) is 0 Å². The molecular weight excluding hydrogens is 390 g/mol. The maximum Gasteiger partial charge on any atom is 0.233 e. The van der Waals surface area contributed by atoms with Gasteiger partial charge in [-0.3, -0.25) is 4.79 Å². The zero-order valence-electron chi connectivity index (χ0n) is 19.1. The minimum atomic E-state index is 0.156. The predicted molar refractivity (Wildman–Crippen MR) is 122 cm³/mol. The molecule has 0 N–H and O–H groups in total. The Hall–Kier alpha value is -2.34. The van der Waals surface area contributed by atoms with E-state index in [0.717, 1.165) is 67.9 Å². The molecule has 1 amide bonds. The first kappa shape index (κ1) is 21.9. The van der Waals surface area contributed by atoms with Gasteiger partial charge in [-0.05, 0) is 39.2 Å². The number of carbonyl (C=O) groups excluding carboxylic acids is 1. The van der Waals surface area contributed by atoms with Crippen LogP contribution < -0.4 is 4.90 Å². The van der Waals surface area contributed by atoms with Gasteiger partial charge in [-0.15, -0.1) is 0 Å². The molecule has 6 nitrogen and oxygen atoms in total. The van der Waals surface area contributed by atoms with Crippen molar-refractivity contribution in [1.82, 2.24) is 10.1 Å². The summed E-state index contributed by atoms with van der Waals surface area (Å²) in [5.74, 6) is 1.23. The number of rotatable bonds is 7. The first-order valence-electron chi connectivity index (χ1n) is 11.8. The van der Waals surface area contributed by atoms with Crippen LogP contribution in [0.4, 0.5) is 5.88 Å². The van der Waals surface area contributed by atoms with Crippen molar-refractivity contribution in [2.75, 3.05) is 31.2 Å². The van der Waals surface area contributed by atoms with Crippen LogP contribution in [0.15, 0.2) is 28.8 Å². The maximum absolute atomic E-state index is 13.5. The lowest BCUT2D eigenvalue weighted by Crippen LogP contribution is -2.42. The standard InChI is InChI=1S/C25H35N3O3/c1-4-19(3)28(24(29)20-9-5-6-10-20)17-22-23(21-11-7-8-18(2)16-21)26-31-25(22)27-12-14-30-15-13-27/h7-8,11,16,19-20H,4-6,9-10,12-15,17H2,1-3H3. The van der Waals surface area contributed by atoms with Gasteiger partial charge in [0.2, 0.25) is 11.8 Å². The Kier molecular flexibility index (Phi) is 6.96. The van der Waals surface area contributed by atoms with Gasteiger partial charge in [-0.25, -0.2) is 0 Å². The predicted octanol–water partition coefficient (Wildman–Crippen LogP) is 4.80. The van der Waals surface area contributed by atoms with Crippen LogP contribution in [0.3, 0.4) is 0 Å². The second-order valence-corrected chi connectivity index (χ2v) is 8.99. The Labute approximate surface area is 185 Å². The molecule has 1 saturated heterocycles. The molecule has 168 valence electrons. The minimum absolute atomic E-state index is 0.156. The van der Waals surface area contributed by atoms with E-state index in [2.05, 4.69) is 53.9 Å². The number of amides is 1. The number of ether oxygens (including phenoxy) is 1. The van der Waals surface area contributed by atoms with Gasteiger partial charge in [0.25, 0.3) is 0 Å². The van der Waals surface area contributed by atoms with E-state index in [1.807, 2.05) is 6.07 Å². The van der Waals surface area contributed by atoms with Crippen LogP contribution in [0.1, 0.15) is 57.1 Å². The zero-order chi connectivity index (χ0) is 21.8. The summed E-state index contributed by atoms with van der Waals surface area (Å²) in [6.45, 7) is 9.82. The summed E-state index contributed by atoms with van der Waals surface area (Å²) in [5, 5.41) is 4.50. The molecule has 0 radical (unpaired) electrons. The minimum Gasteiger partial charge on any atom is -0.378 e. The van der Waals surface area contributed by atoms with Crippen molar-refractivity contribution < 1.29 is 14.1 Å². The lowest BCUT2D eigenvalue weighted by Gasteiger charge is -2.32. The van der Waals surface area contributed by atoms with E-state index < -0.39 is 0 Å². The summed E-state index contributed by atoms with van der Waals surface area (Å²) in [5.41, 5.74) is 4.08. The van der Waals surface area contributed by atoms with E-state index in [1.54, 1.807) is 0 Å². The van der Waals surface area contributed by atoms with Gasteiger partial charge in [-0.2, -0.15) is 0 Å². The second-order valence-electron chi connectivity index (χ2n) is 8.99. The summed E-state index contributed by atoms with van der Waals surface area (Å²) in [4.78, 5) is 17.8. The van der Waals surface area contributed by atoms with E-state index in [-0.39, 0.29) is 17.9 Å². The second kappa shape index (κ2) is 9.86. The molecule has 1 saturated carbocycles. The Balaban J connectivity index is 1.72. The van der Waals surface area contributed by atoms with Crippen molar-refractivity contribution >= 4 is 11.8 Å². The molecule has 1 aromatic carbocycles. The number of morpholine rings is 1. The molecule has 2 heterocycles. The Morgan fingerprint density at radius 2 is 2.00 bits per heavy atom. The van der Waals surface area contributed by atoms with Gasteiger partial charge in [-0.1, -0.05) is 48.7 Å². The molecule has 1 aliphatic heterocycles. The average Bonchev–Trinajstić information content (AvgIpc) is 3.47. The molecule has 4 rings (SSSR count). The van der Waals surface area contributed by atoms with Gasteiger partial charge in [0.1, 0.15) is 5.69 Å². The van der Waals surface area contributed by atoms with E-state index in [9.17, 15) is 4.79 Å². The average molecular weight is 426 g/mol. The van der Waals surface area contributed by atoms with E-state index >= 15 is 0 Å². The molecular formula is C25H35N3O3. The molecule has 0 spiro atoms. The molecule has 0 bridgehead atoms. The molecule has 1 atom stereocenters. The summed E-state index contributed by atoms with van der Waals surface area (Å²) < 4.78 is 11.5. The third-order valence-corrected chi connectivity index (χ3v) is 6.80. The summed E-state index contributed by atoms with van der Waals surface area (Å²) >= 11 is 0. The number of nitrogens with zero attached hydrogens (tertiary/aromatic N) is 3. The fourth-order valence-electron chi connectivity index (χ4n) is 4.73. The highest BCUT2D eigenvalue weighted by molar-refractivity contribution is 5.80. The van der Waals surface area contributed by atoms with Gasteiger partial charge in [0.05, 0.1) is 25.3 Å². The van der Waals surface area contributed by atoms with Crippen molar-refractivity contribution in [1.29, 1.82) is 0 Å². The van der Waals surface area contributed by atoms with E-state index in [4.69, 9.17) is 9.26 Å². The van der Waals surface area contributed by atoms with Crippen molar-refractivity contribution in [3.8, 4) is 11.3 Å². The van der Waals surface area contributed by atoms with Crippen LogP contribution >= 0.6 is 0 Å². The maximum atomic E-state index is 13.5. The monoisotopic (exact) mass is 425 g/mol. The quantitative estimate of drug-likeness (QED) is 0.637. The Morgan fingerprint density at radius 1 is 1.26 bits per heavy atom. The lowest BCUT2D eigenvalue weighted by atomic mass is 10.0. The third kappa shape index (κ3) is 4.79. The summed E-state index contributed by atoms with van der Waals surface area (Å²) in [6.07, 6.45) is 5.26. The number of aryl methyl sites for hydroxylation is 1. The normalized spacial score (nSPS) is 18.4. The van der Waals surface area contributed by atoms with Crippen molar-refractivity contribution in [2.24, 2.45) is 5.92 Å². The molecule has 31 heavy (non-hydrogen) atoms. The van der Waals surface area contributed by atoms with Gasteiger partial charge in [0, 0.05) is 30.6 Å². The first-order chi connectivity index (χ1) is 15.1. The SMILES string of the molecule is CCC(C)N(Cc1c(-c2cccc(C)c2)noc1N1CCOCC1)C(=O)C1CCCC1. The first-order valence-corrected chi connectivity index (χ1v) is 11.8. The molecule has 1 aliphatic carbocycles. The topological polar surface area (TPSA) is 58.8 Å². The fraction of sp³-hybridized carbons (Fsp3) is 0.600. The lowest BCUT2D eigenvalue weighted by molar-refractivity contribution is -0.138. The highest BCUT2D eigenvalue weighted by atomic mass is 16.5. The van der Waals surface area contributed by atoms with E-state index in [0.29, 0.717) is 19.8 Å². The fourth-order valence-corrected chi connectivity index (χ4v) is 4.73. The van der Waals surface area contributed by atoms with Gasteiger partial charge < -0.3 is 19.1 Å². The van der Waals surface area contributed by atoms with Crippen molar-refractivity contribution in [3.05, 3.63) is 35.4 Å². The summed E-state index contributed by atoms with van der Waals surface area (Å²) in [7, 11) is 0. The molecule has 1 aromatic heterocycles. The number of anilines is 1. The molecule has 2 fully saturated rings. The Morgan fingerprint density at radius 3 is 2.68 bits per heavy atom. The Bertz CT molecular complexity index is 882. The highest BCUT2D eigenvalue weighted by Gasteiger charge is 2.33. The largest absolute Gasteiger partial charge is 0.378 e. The summed E-state index contributed by atoms with van der Waals surface area (Å²) in [6, 6.07) is 8.51. The zero-order valence-corrected chi connectivity index (χ0v) is 19.1. The molecule has 6 heteroatoms. The van der Waals surface area contributed by atoms with Crippen LogP contribution in [0.5, 0.6) is 0 Å². The number of aromatic nitrogens is 1. The van der Waals surface area contributed by atoms with Crippen molar-refractivity contribution in [2.45, 2.75) is 65.5 Å².